The van der Waals surface area contributed by atoms with Gasteiger partial charge in [0, 0.05) is 22.3 Å². The number of thiocarbonyl (C=S) groups is 1. The van der Waals surface area contributed by atoms with Crippen LogP contribution in [0.1, 0.15) is 6.92 Å². The Labute approximate surface area is 165 Å². The van der Waals surface area contributed by atoms with Crippen LogP contribution >= 0.6 is 28.1 Å². The standard InChI is InChI=1S/C20H15BrN4S/c1-13-16(20(26)25(24-13)14-6-3-2-4-7-14)12-23-18-10-9-17(21)15-8-5-11-22-19(15)18/h2-12,16H,1H3. The number of benzene rings is 2. The summed E-state index contributed by atoms with van der Waals surface area (Å²) in [6.45, 7) is 1.98. The average Bonchev–Trinajstić information content (AvgIpc) is 2.96. The number of aromatic nitrogens is 1. The maximum absolute atomic E-state index is 5.65. The van der Waals surface area contributed by atoms with Crippen LogP contribution in [0.4, 0.5) is 11.4 Å². The minimum absolute atomic E-state index is 0.104. The lowest BCUT2D eigenvalue weighted by Crippen LogP contribution is -2.25. The largest absolute Gasteiger partial charge is 0.258 e. The van der Waals surface area contributed by atoms with Crippen molar-refractivity contribution >= 4 is 67.3 Å². The Morgan fingerprint density at radius 2 is 1.92 bits per heavy atom. The summed E-state index contributed by atoms with van der Waals surface area (Å²) in [5.74, 6) is -0.104. The number of halogens is 1. The quantitative estimate of drug-likeness (QED) is 0.410. The summed E-state index contributed by atoms with van der Waals surface area (Å²) >= 11 is 9.21. The fourth-order valence-corrected chi connectivity index (χ4v) is 3.72. The van der Waals surface area contributed by atoms with Crippen LogP contribution < -0.4 is 5.01 Å². The number of hydrazone groups is 1. The molecule has 3 aromatic rings. The molecule has 4 nitrogen and oxygen atoms in total. The van der Waals surface area contributed by atoms with Gasteiger partial charge >= 0.3 is 0 Å². The van der Waals surface area contributed by atoms with Crippen molar-refractivity contribution in [1.82, 2.24) is 4.98 Å². The molecule has 0 saturated carbocycles. The first-order valence-corrected chi connectivity index (χ1v) is 9.37. The molecule has 0 fully saturated rings. The van der Waals surface area contributed by atoms with Gasteiger partial charge < -0.3 is 0 Å². The summed E-state index contributed by atoms with van der Waals surface area (Å²) in [6, 6.07) is 17.8. The van der Waals surface area contributed by atoms with Crippen molar-refractivity contribution in [3.05, 3.63) is 65.3 Å². The Bertz CT molecular complexity index is 1050. The van der Waals surface area contributed by atoms with Gasteiger partial charge in [0.15, 0.2) is 0 Å². The highest BCUT2D eigenvalue weighted by Gasteiger charge is 2.29. The lowest BCUT2D eigenvalue weighted by molar-refractivity contribution is 1.17. The molecule has 4 rings (SSSR count). The number of hydrogen-bond donors (Lipinski definition) is 0. The molecule has 6 heteroatoms. The Kier molecular flexibility index (Phi) is 4.61. The van der Waals surface area contributed by atoms with Crippen molar-refractivity contribution in [2.75, 3.05) is 5.01 Å². The van der Waals surface area contributed by atoms with Crippen molar-refractivity contribution in [3.63, 3.8) is 0 Å². The fourth-order valence-electron chi connectivity index (χ4n) is 2.89. The molecule has 1 aliphatic heterocycles. The molecule has 26 heavy (non-hydrogen) atoms. The van der Waals surface area contributed by atoms with Crippen LogP contribution in [0.3, 0.4) is 0 Å². The molecule has 1 unspecified atom stereocenters. The highest BCUT2D eigenvalue weighted by atomic mass is 79.9. The first-order chi connectivity index (χ1) is 12.6. The normalized spacial score (nSPS) is 17.3. The van der Waals surface area contributed by atoms with Crippen molar-refractivity contribution in [2.45, 2.75) is 6.92 Å². The lowest BCUT2D eigenvalue weighted by Gasteiger charge is -2.15. The van der Waals surface area contributed by atoms with E-state index in [2.05, 4.69) is 31.0 Å². The molecule has 0 saturated heterocycles. The van der Waals surface area contributed by atoms with E-state index in [0.29, 0.717) is 0 Å². The van der Waals surface area contributed by atoms with Gasteiger partial charge in [-0.1, -0.05) is 52.4 Å². The summed E-state index contributed by atoms with van der Waals surface area (Å²) in [4.78, 5) is 9.88. The highest BCUT2D eigenvalue weighted by Crippen LogP contribution is 2.31. The summed E-state index contributed by atoms with van der Waals surface area (Å²) in [6.07, 6.45) is 3.64. The number of anilines is 1. The minimum atomic E-state index is -0.104. The topological polar surface area (TPSA) is 40.9 Å². The number of hydrogen-bond acceptors (Lipinski definition) is 4. The van der Waals surface area contributed by atoms with Gasteiger partial charge in [-0.3, -0.25) is 9.98 Å². The van der Waals surface area contributed by atoms with Crippen LogP contribution in [0.25, 0.3) is 10.9 Å². The molecular formula is C20H15BrN4S. The molecule has 0 amide bonds. The first kappa shape index (κ1) is 17.0. The van der Waals surface area contributed by atoms with Crippen molar-refractivity contribution in [3.8, 4) is 0 Å². The molecular weight excluding hydrogens is 408 g/mol. The van der Waals surface area contributed by atoms with Crippen molar-refractivity contribution in [2.24, 2.45) is 16.0 Å². The van der Waals surface area contributed by atoms with Gasteiger partial charge in [-0.15, -0.1) is 0 Å². The van der Waals surface area contributed by atoms with Crippen LogP contribution in [-0.2, 0) is 0 Å². The molecule has 0 aliphatic carbocycles. The molecule has 0 bridgehead atoms. The summed E-state index contributed by atoms with van der Waals surface area (Å²) < 4.78 is 1.00. The number of aliphatic imine (C=N–C) groups is 1. The van der Waals surface area contributed by atoms with E-state index in [1.165, 1.54) is 0 Å². The minimum Gasteiger partial charge on any atom is -0.258 e. The first-order valence-electron chi connectivity index (χ1n) is 8.16. The average molecular weight is 423 g/mol. The van der Waals surface area contributed by atoms with Crippen LogP contribution in [0.2, 0.25) is 0 Å². The Morgan fingerprint density at radius 1 is 1.12 bits per heavy atom. The van der Waals surface area contributed by atoms with E-state index in [0.717, 1.165) is 37.5 Å². The van der Waals surface area contributed by atoms with Crippen LogP contribution in [-0.4, -0.2) is 21.9 Å². The second-order valence-corrected chi connectivity index (χ2v) is 7.22. The van der Waals surface area contributed by atoms with E-state index >= 15 is 0 Å². The second-order valence-electron chi connectivity index (χ2n) is 5.95. The molecule has 0 radical (unpaired) electrons. The lowest BCUT2D eigenvalue weighted by atomic mass is 10.1. The number of fused-ring (bicyclic) bond motifs is 1. The third kappa shape index (κ3) is 3.06. The Balaban J connectivity index is 1.65. The highest BCUT2D eigenvalue weighted by molar-refractivity contribution is 9.10. The maximum Gasteiger partial charge on any atom is 0.119 e. The summed E-state index contributed by atoms with van der Waals surface area (Å²) in [7, 11) is 0. The van der Waals surface area contributed by atoms with Crippen LogP contribution in [0.5, 0.6) is 0 Å². The van der Waals surface area contributed by atoms with E-state index in [-0.39, 0.29) is 5.92 Å². The van der Waals surface area contributed by atoms with Gasteiger partial charge in [-0.25, -0.2) is 5.01 Å². The molecule has 1 aromatic heterocycles. The van der Waals surface area contributed by atoms with Gasteiger partial charge in [0.05, 0.1) is 28.5 Å². The van der Waals surface area contributed by atoms with E-state index in [9.17, 15) is 0 Å². The second kappa shape index (κ2) is 7.05. The Morgan fingerprint density at radius 3 is 2.73 bits per heavy atom. The maximum atomic E-state index is 5.65. The number of pyridine rings is 1. The molecule has 1 atom stereocenters. The van der Waals surface area contributed by atoms with Crippen molar-refractivity contribution in [1.29, 1.82) is 0 Å². The Hall–Kier alpha value is -2.44. The molecule has 0 N–H and O–H groups in total. The van der Waals surface area contributed by atoms with Crippen LogP contribution in [0.15, 0.2) is 75.4 Å². The van der Waals surface area contributed by atoms with Gasteiger partial charge in [-0.2, -0.15) is 5.10 Å². The fraction of sp³-hybridized carbons (Fsp3) is 0.100. The summed E-state index contributed by atoms with van der Waals surface area (Å²) in [5, 5.41) is 7.44. The predicted molar refractivity (Wildman–Crippen MR) is 116 cm³/mol. The van der Waals surface area contributed by atoms with E-state index in [1.54, 1.807) is 11.2 Å². The predicted octanol–water partition coefficient (Wildman–Crippen LogP) is 5.54. The number of para-hydroxylation sites is 1. The molecule has 128 valence electrons. The monoisotopic (exact) mass is 422 g/mol. The van der Waals surface area contributed by atoms with Gasteiger partial charge in [-0.05, 0) is 37.3 Å². The number of rotatable bonds is 3. The molecule has 0 spiro atoms. The van der Waals surface area contributed by atoms with Crippen molar-refractivity contribution < 1.29 is 0 Å². The van der Waals surface area contributed by atoms with Gasteiger partial charge in [0.1, 0.15) is 4.99 Å². The van der Waals surface area contributed by atoms with E-state index < -0.39 is 0 Å². The summed E-state index contributed by atoms with van der Waals surface area (Å²) in [5.41, 5.74) is 3.56. The zero-order chi connectivity index (χ0) is 18.1. The molecule has 1 aliphatic rings. The van der Waals surface area contributed by atoms with Gasteiger partial charge in [0.2, 0.25) is 0 Å². The van der Waals surface area contributed by atoms with Crippen LogP contribution in [0, 0.1) is 5.92 Å². The SMILES string of the molecule is CC1=NN(c2ccccc2)C(=S)C1C=Nc1ccc(Br)c2cccnc12. The van der Waals surface area contributed by atoms with E-state index in [4.69, 9.17) is 12.2 Å². The molecule has 2 heterocycles. The smallest absolute Gasteiger partial charge is 0.119 e. The third-order valence-corrected chi connectivity index (χ3v) is 5.36. The zero-order valence-corrected chi connectivity index (χ0v) is 16.4. The zero-order valence-electron chi connectivity index (χ0n) is 14.0. The van der Waals surface area contributed by atoms with E-state index in [1.807, 2.05) is 67.7 Å². The molecule has 2 aromatic carbocycles. The third-order valence-electron chi connectivity index (χ3n) is 4.24. The number of nitrogens with zero attached hydrogens (tertiary/aromatic N) is 4. The van der Waals surface area contributed by atoms with Gasteiger partial charge in [0.25, 0.3) is 0 Å².